The van der Waals surface area contributed by atoms with E-state index in [9.17, 15) is 18.3 Å². The Kier molecular flexibility index (Phi) is 3.76. The second-order valence-corrected chi connectivity index (χ2v) is 6.25. The van der Waals surface area contributed by atoms with Gasteiger partial charge in [0.2, 0.25) is 0 Å². The molecule has 104 valence electrons. The first-order chi connectivity index (χ1) is 9.38. The van der Waals surface area contributed by atoms with Crippen molar-refractivity contribution in [3.63, 3.8) is 0 Å². The first kappa shape index (κ1) is 14.1. The van der Waals surface area contributed by atoms with E-state index in [-0.39, 0.29) is 22.0 Å². The summed E-state index contributed by atoms with van der Waals surface area (Å²) in [5.41, 5.74) is 0.494. The zero-order valence-corrected chi connectivity index (χ0v) is 11.2. The van der Waals surface area contributed by atoms with Crippen molar-refractivity contribution < 1.29 is 23.4 Å². The summed E-state index contributed by atoms with van der Waals surface area (Å²) in [6, 6.07) is 11.0. The molecule has 0 heterocycles. The largest absolute Gasteiger partial charge is 0.508 e. The third-order valence-corrected chi connectivity index (χ3v) is 4.43. The number of hydrogen-bond donors (Lipinski definition) is 2. The van der Waals surface area contributed by atoms with Gasteiger partial charge in [0.25, 0.3) is 0 Å². The number of phenols is 1. The summed E-state index contributed by atoms with van der Waals surface area (Å²) in [5.74, 6) is -1.37. The maximum Gasteiger partial charge on any atom is 0.335 e. The summed E-state index contributed by atoms with van der Waals surface area (Å²) in [6.45, 7) is 0. The molecule has 5 nitrogen and oxygen atoms in total. The van der Waals surface area contributed by atoms with E-state index < -0.39 is 15.8 Å². The maximum atomic E-state index is 12.2. The Morgan fingerprint density at radius 2 is 1.70 bits per heavy atom. The average Bonchev–Trinajstić information content (AvgIpc) is 2.38. The van der Waals surface area contributed by atoms with Gasteiger partial charge in [0.15, 0.2) is 9.84 Å². The highest BCUT2D eigenvalue weighted by atomic mass is 32.2. The van der Waals surface area contributed by atoms with Crippen LogP contribution in [-0.2, 0) is 15.6 Å². The van der Waals surface area contributed by atoms with E-state index in [1.165, 1.54) is 36.4 Å². The van der Waals surface area contributed by atoms with Crippen LogP contribution in [0.15, 0.2) is 53.4 Å². The second-order valence-electron chi connectivity index (χ2n) is 4.26. The molecule has 0 atom stereocenters. The van der Waals surface area contributed by atoms with E-state index >= 15 is 0 Å². The van der Waals surface area contributed by atoms with E-state index in [0.29, 0.717) is 5.56 Å². The first-order valence-corrected chi connectivity index (χ1v) is 7.38. The lowest BCUT2D eigenvalue weighted by Crippen LogP contribution is -2.05. The Labute approximate surface area is 116 Å². The van der Waals surface area contributed by atoms with Gasteiger partial charge in [0.1, 0.15) is 5.75 Å². The van der Waals surface area contributed by atoms with Gasteiger partial charge in [-0.25, -0.2) is 13.2 Å². The molecular formula is C14H12O5S. The molecule has 2 rings (SSSR count). The Balaban J connectivity index is 2.28. The fraction of sp³-hybridized carbons (Fsp3) is 0.0714. The number of aromatic carboxylic acids is 1. The van der Waals surface area contributed by atoms with Crippen LogP contribution >= 0.6 is 0 Å². The molecule has 0 spiro atoms. The molecule has 0 aromatic heterocycles. The fourth-order valence-electron chi connectivity index (χ4n) is 1.75. The van der Waals surface area contributed by atoms with E-state index in [1.807, 2.05) is 0 Å². The van der Waals surface area contributed by atoms with Crippen LogP contribution in [0.2, 0.25) is 0 Å². The third kappa shape index (κ3) is 3.16. The average molecular weight is 292 g/mol. The van der Waals surface area contributed by atoms with Crippen molar-refractivity contribution in [3.05, 3.63) is 59.7 Å². The van der Waals surface area contributed by atoms with Crippen LogP contribution < -0.4 is 0 Å². The van der Waals surface area contributed by atoms with E-state index in [4.69, 9.17) is 5.11 Å². The number of carbonyl (C=O) groups is 1. The molecule has 2 aromatic carbocycles. The highest BCUT2D eigenvalue weighted by Gasteiger charge is 2.16. The summed E-state index contributed by atoms with van der Waals surface area (Å²) in [7, 11) is -3.58. The standard InChI is InChI=1S/C14H12O5S/c15-12-3-1-2-10(8-12)9-20(18,19)13-6-4-11(5-7-13)14(16)17/h1-8,15H,9H2,(H,16,17). The summed E-state index contributed by atoms with van der Waals surface area (Å²) >= 11 is 0. The van der Waals surface area contributed by atoms with Crippen molar-refractivity contribution in [1.82, 2.24) is 0 Å². The van der Waals surface area contributed by atoms with E-state index in [2.05, 4.69) is 0 Å². The number of aromatic hydroxyl groups is 1. The quantitative estimate of drug-likeness (QED) is 0.900. The molecule has 0 aliphatic heterocycles. The van der Waals surface area contributed by atoms with Crippen LogP contribution in [0.4, 0.5) is 0 Å². The van der Waals surface area contributed by atoms with Gasteiger partial charge >= 0.3 is 5.97 Å². The van der Waals surface area contributed by atoms with Gasteiger partial charge in [-0.05, 0) is 42.0 Å². The molecule has 0 amide bonds. The van der Waals surface area contributed by atoms with Gasteiger partial charge in [0, 0.05) is 0 Å². The number of hydrogen-bond acceptors (Lipinski definition) is 4. The normalized spacial score (nSPS) is 11.2. The third-order valence-electron chi connectivity index (χ3n) is 2.73. The van der Waals surface area contributed by atoms with Crippen molar-refractivity contribution >= 4 is 15.8 Å². The monoisotopic (exact) mass is 292 g/mol. The molecule has 0 saturated heterocycles. The van der Waals surface area contributed by atoms with Crippen molar-refractivity contribution in [1.29, 1.82) is 0 Å². The predicted octanol–water partition coefficient (Wildman–Crippen LogP) is 2.06. The highest BCUT2D eigenvalue weighted by Crippen LogP contribution is 2.19. The Hall–Kier alpha value is -2.34. The van der Waals surface area contributed by atoms with Gasteiger partial charge in [-0.1, -0.05) is 12.1 Å². The van der Waals surface area contributed by atoms with Crippen LogP contribution in [0, 0.1) is 0 Å². The number of carboxylic acid groups (broad SMARTS) is 1. The van der Waals surface area contributed by atoms with Crippen LogP contribution in [0.3, 0.4) is 0 Å². The number of rotatable bonds is 4. The Morgan fingerprint density at radius 3 is 2.25 bits per heavy atom. The zero-order chi connectivity index (χ0) is 14.8. The van der Waals surface area contributed by atoms with Gasteiger partial charge in [-0.2, -0.15) is 0 Å². The van der Waals surface area contributed by atoms with Crippen LogP contribution in [0.25, 0.3) is 0 Å². The predicted molar refractivity (Wildman–Crippen MR) is 72.4 cm³/mol. The van der Waals surface area contributed by atoms with E-state index in [1.54, 1.807) is 12.1 Å². The van der Waals surface area contributed by atoms with E-state index in [0.717, 1.165) is 0 Å². The molecule has 6 heteroatoms. The highest BCUT2D eigenvalue weighted by molar-refractivity contribution is 7.90. The summed E-state index contributed by atoms with van der Waals surface area (Å²) in [5, 5.41) is 18.1. The topological polar surface area (TPSA) is 91.7 Å². The van der Waals surface area contributed by atoms with Crippen molar-refractivity contribution in [3.8, 4) is 5.75 Å². The maximum absolute atomic E-state index is 12.2. The molecule has 0 aliphatic rings. The smallest absolute Gasteiger partial charge is 0.335 e. The summed E-state index contributed by atoms with van der Waals surface area (Å²) in [4.78, 5) is 10.8. The molecule has 0 bridgehead atoms. The molecule has 0 radical (unpaired) electrons. The minimum atomic E-state index is -3.58. The van der Waals surface area contributed by atoms with Crippen molar-refractivity contribution in [2.45, 2.75) is 10.6 Å². The fourth-order valence-corrected chi connectivity index (χ4v) is 3.09. The van der Waals surface area contributed by atoms with Gasteiger partial charge in [-0.3, -0.25) is 0 Å². The molecule has 20 heavy (non-hydrogen) atoms. The summed E-state index contributed by atoms with van der Waals surface area (Å²) in [6.07, 6.45) is 0. The molecular weight excluding hydrogens is 280 g/mol. The van der Waals surface area contributed by atoms with Gasteiger partial charge in [-0.15, -0.1) is 0 Å². The van der Waals surface area contributed by atoms with Crippen molar-refractivity contribution in [2.75, 3.05) is 0 Å². The van der Waals surface area contributed by atoms with Crippen molar-refractivity contribution in [2.24, 2.45) is 0 Å². The SMILES string of the molecule is O=C(O)c1ccc(S(=O)(=O)Cc2cccc(O)c2)cc1. The molecule has 0 fully saturated rings. The summed E-state index contributed by atoms with van der Waals surface area (Å²) < 4.78 is 24.3. The second kappa shape index (κ2) is 5.34. The minimum Gasteiger partial charge on any atom is -0.508 e. The van der Waals surface area contributed by atoms with Gasteiger partial charge in [0.05, 0.1) is 16.2 Å². The molecule has 0 saturated carbocycles. The van der Waals surface area contributed by atoms with Crippen LogP contribution in [-0.4, -0.2) is 24.6 Å². The van der Waals surface area contributed by atoms with Crippen LogP contribution in [0.5, 0.6) is 5.75 Å². The lowest BCUT2D eigenvalue weighted by atomic mass is 10.2. The first-order valence-electron chi connectivity index (χ1n) is 5.72. The van der Waals surface area contributed by atoms with Crippen LogP contribution in [0.1, 0.15) is 15.9 Å². The molecule has 0 unspecified atom stereocenters. The lowest BCUT2D eigenvalue weighted by molar-refractivity contribution is 0.0696. The Morgan fingerprint density at radius 1 is 1.05 bits per heavy atom. The molecule has 2 N–H and O–H groups in total. The Bertz CT molecular complexity index is 732. The number of phenolic OH excluding ortho intramolecular Hbond substituents is 1. The number of benzene rings is 2. The number of sulfone groups is 1. The minimum absolute atomic E-state index is 0.000995. The van der Waals surface area contributed by atoms with Gasteiger partial charge < -0.3 is 10.2 Å². The lowest BCUT2D eigenvalue weighted by Gasteiger charge is -2.05. The number of carboxylic acids is 1. The zero-order valence-electron chi connectivity index (χ0n) is 10.4. The molecule has 0 aliphatic carbocycles. The molecule has 2 aromatic rings.